The number of thioether (sulfide) groups is 1. The van der Waals surface area contributed by atoms with Crippen LogP contribution in [0.3, 0.4) is 0 Å². The molecular weight excluding hydrogens is 438 g/mol. The SMILES string of the molecule is CCCCOC(=O)CN1C(=O)S/C(=C/c2cc(OC)c(OC)cc2Br)C1=O. The van der Waals surface area contributed by atoms with E-state index < -0.39 is 23.7 Å². The van der Waals surface area contributed by atoms with Crippen molar-refractivity contribution >= 4 is 50.9 Å². The zero-order valence-corrected chi connectivity index (χ0v) is 17.6. The number of ether oxygens (including phenoxy) is 3. The molecule has 146 valence electrons. The van der Waals surface area contributed by atoms with Crippen molar-refractivity contribution in [1.29, 1.82) is 0 Å². The molecule has 2 amide bonds. The predicted octanol–water partition coefficient (Wildman–Crippen LogP) is 3.85. The number of benzene rings is 1. The van der Waals surface area contributed by atoms with Crippen molar-refractivity contribution in [3.05, 3.63) is 27.1 Å². The van der Waals surface area contributed by atoms with Crippen LogP contribution in [0.15, 0.2) is 21.5 Å². The van der Waals surface area contributed by atoms with Gasteiger partial charge in [-0.2, -0.15) is 0 Å². The van der Waals surface area contributed by atoms with Crippen molar-refractivity contribution in [1.82, 2.24) is 4.90 Å². The first-order valence-corrected chi connectivity index (χ1v) is 9.84. The molecule has 1 aromatic rings. The van der Waals surface area contributed by atoms with Gasteiger partial charge in [-0.25, -0.2) is 0 Å². The number of methoxy groups -OCH3 is 2. The van der Waals surface area contributed by atoms with Crippen molar-refractivity contribution in [2.75, 3.05) is 27.4 Å². The number of unbranched alkanes of at least 4 members (excludes halogenated alkanes) is 1. The minimum atomic E-state index is -0.598. The Bertz CT molecular complexity index is 779. The fraction of sp³-hybridized carbons (Fsp3) is 0.389. The van der Waals surface area contributed by atoms with Crippen molar-refractivity contribution < 1.29 is 28.6 Å². The van der Waals surface area contributed by atoms with Gasteiger partial charge in [0, 0.05) is 4.47 Å². The van der Waals surface area contributed by atoms with Gasteiger partial charge in [0.2, 0.25) is 0 Å². The average molecular weight is 458 g/mol. The maximum absolute atomic E-state index is 12.5. The minimum absolute atomic E-state index is 0.217. The summed E-state index contributed by atoms with van der Waals surface area (Å²) in [5.41, 5.74) is 0.642. The Morgan fingerprint density at radius 2 is 1.89 bits per heavy atom. The summed E-state index contributed by atoms with van der Waals surface area (Å²) in [4.78, 5) is 37.5. The fourth-order valence-electron chi connectivity index (χ4n) is 2.26. The van der Waals surface area contributed by atoms with Gasteiger partial charge in [-0.15, -0.1) is 0 Å². The Hall–Kier alpha value is -2.00. The average Bonchev–Trinajstić information content (AvgIpc) is 2.90. The number of amides is 2. The Kier molecular flexibility index (Phi) is 7.73. The maximum Gasteiger partial charge on any atom is 0.326 e. The molecule has 1 fully saturated rings. The second-order valence-electron chi connectivity index (χ2n) is 5.57. The molecule has 0 bridgehead atoms. The van der Waals surface area contributed by atoms with Gasteiger partial charge in [-0.05, 0) is 42.0 Å². The van der Waals surface area contributed by atoms with Crippen LogP contribution in [-0.2, 0) is 14.3 Å². The first-order chi connectivity index (χ1) is 12.9. The molecule has 0 saturated carbocycles. The van der Waals surface area contributed by atoms with Crippen LogP contribution in [0.25, 0.3) is 6.08 Å². The Morgan fingerprint density at radius 3 is 2.52 bits per heavy atom. The molecule has 0 radical (unpaired) electrons. The van der Waals surface area contributed by atoms with Crippen molar-refractivity contribution in [3.8, 4) is 11.5 Å². The summed E-state index contributed by atoms with van der Waals surface area (Å²) in [6, 6.07) is 3.40. The molecule has 7 nitrogen and oxygen atoms in total. The first kappa shape index (κ1) is 21.3. The summed E-state index contributed by atoms with van der Waals surface area (Å²) in [6.07, 6.45) is 3.19. The second kappa shape index (κ2) is 9.80. The van der Waals surface area contributed by atoms with Gasteiger partial charge in [-0.3, -0.25) is 19.3 Å². The molecule has 0 N–H and O–H groups in total. The van der Waals surface area contributed by atoms with E-state index in [0.717, 1.165) is 29.5 Å². The lowest BCUT2D eigenvalue weighted by molar-refractivity contribution is -0.146. The summed E-state index contributed by atoms with van der Waals surface area (Å²) in [5.74, 6) is -0.103. The van der Waals surface area contributed by atoms with Crippen LogP contribution < -0.4 is 9.47 Å². The molecular formula is C18H20BrNO6S. The largest absolute Gasteiger partial charge is 0.493 e. The zero-order chi connectivity index (χ0) is 20.0. The monoisotopic (exact) mass is 457 g/mol. The normalized spacial score (nSPS) is 15.4. The van der Waals surface area contributed by atoms with Gasteiger partial charge >= 0.3 is 5.97 Å². The lowest BCUT2D eigenvalue weighted by atomic mass is 10.2. The molecule has 0 unspecified atom stereocenters. The number of esters is 1. The molecule has 1 aromatic carbocycles. The van der Waals surface area contributed by atoms with Crippen LogP contribution in [0.1, 0.15) is 25.3 Å². The molecule has 0 spiro atoms. The summed E-state index contributed by atoms with van der Waals surface area (Å²) < 4.78 is 16.2. The van der Waals surface area contributed by atoms with Crippen LogP contribution in [0.2, 0.25) is 0 Å². The molecule has 2 rings (SSSR count). The molecule has 1 aliphatic heterocycles. The number of nitrogens with zero attached hydrogens (tertiary/aromatic N) is 1. The van der Waals surface area contributed by atoms with Crippen molar-refractivity contribution in [2.45, 2.75) is 19.8 Å². The molecule has 1 heterocycles. The van der Waals surface area contributed by atoms with E-state index in [1.165, 1.54) is 14.2 Å². The van der Waals surface area contributed by atoms with E-state index in [-0.39, 0.29) is 11.5 Å². The lowest BCUT2D eigenvalue weighted by Crippen LogP contribution is -2.34. The van der Waals surface area contributed by atoms with E-state index in [1.807, 2.05) is 6.92 Å². The zero-order valence-electron chi connectivity index (χ0n) is 15.2. The van der Waals surface area contributed by atoms with Gasteiger partial charge < -0.3 is 14.2 Å². The van der Waals surface area contributed by atoms with Crippen LogP contribution >= 0.6 is 27.7 Å². The third kappa shape index (κ3) is 5.26. The number of rotatable bonds is 8. The standard InChI is InChI=1S/C18H20BrNO6S/c1-4-5-6-26-16(21)10-20-17(22)15(27-18(20)23)8-11-7-13(24-2)14(25-3)9-12(11)19/h7-9H,4-6,10H2,1-3H3/b15-8+. The quantitative estimate of drug-likeness (QED) is 0.333. The van der Waals surface area contributed by atoms with Crippen molar-refractivity contribution in [3.63, 3.8) is 0 Å². The van der Waals surface area contributed by atoms with E-state index >= 15 is 0 Å². The topological polar surface area (TPSA) is 82.1 Å². The van der Waals surface area contributed by atoms with Crippen LogP contribution in [0, 0.1) is 0 Å². The predicted molar refractivity (Wildman–Crippen MR) is 106 cm³/mol. The highest BCUT2D eigenvalue weighted by Crippen LogP contribution is 2.37. The molecule has 1 aliphatic rings. The highest BCUT2D eigenvalue weighted by molar-refractivity contribution is 9.10. The van der Waals surface area contributed by atoms with Gasteiger partial charge in [0.1, 0.15) is 6.54 Å². The van der Waals surface area contributed by atoms with Crippen molar-refractivity contribution in [2.24, 2.45) is 0 Å². The Balaban J connectivity index is 2.17. The minimum Gasteiger partial charge on any atom is -0.493 e. The third-order valence-electron chi connectivity index (χ3n) is 3.71. The van der Waals surface area contributed by atoms with Gasteiger partial charge in [0.15, 0.2) is 11.5 Å². The summed E-state index contributed by atoms with van der Waals surface area (Å²) in [6.45, 7) is 1.86. The second-order valence-corrected chi connectivity index (χ2v) is 7.42. The number of halogens is 1. The van der Waals surface area contributed by atoms with E-state index in [0.29, 0.717) is 21.5 Å². The molecule has 27 heavy (non-hydrogen) atoms. The number of hydrogen-bond donors (Lipinski definition) is 0. The smallest absolute Gasteiger partial charge is 0.326 e. The van der Waals surface area contributed by atoms with Crippen LogP contribution in [0.4, 0.5) is 4.79 Å². The van der Waals surface area contributed by atoms with E-state index in [9.17, 15) is 14.4 Å². The van der Waals surface area contributed by atoms with E-state index in [2.05, 4.69) is 15.9 Å². The summed E-state index contributed by atoms with van der Waals surface area (Å²) in [5, 5.41) is -0.504. The molecule has 1 saturated heterocycles. The van der Waals surface area contributed by atoms with E-state index in [4.69, 9.17) is 14.2 Å². The molecule has 9 heteroatoms. The van der Waals surface area contributed by atoms with E-state index in [1.54, 1.807) is 18.2 Å². The number of carbonyl (C=O) groups excluding carboxylic acids is 3. The molecule has 0 atom stereocenters. The number of imide groups is 1. The first-order valence-electron chi connectivity index (χ1n) is 8.23. The van der Waals surface area contributed by atoms with Gasteiger partial charge in [0.05, 0.1) is 25.7 Å². The fourth-order valence-corrected chi connectivity index (χ4v) is 3.53. The molecule has 0 aliphatic carbocycles. The highest BCUT2D eigenvalue weighted by atomic mass is 79.9. The van der Waals surface area contributed by atoms with Gasteiger partial charge in [-0.1, -0.05) is 29.3 Å². The lowest BCUT2D eigenvalue weighted by Gasteiger charge is -2.12. The number of carbonyl (C=O) groups is 3. The maximum atomic E-state index is 12.5. The van der Waals surface area contributed by atoms with Crippen LogP contribution in [-0.4, -0.2) is 49.4 Å². The van der Waals surface area contributed by atoms with Crippen LogP contribution in [0.5, 0.6) is 11.5 Å². The third-order valence-corrected chi connectivity index (χ3v) is 5.31. The van der Waals surface area contributed by atoms with Gasteiger partial charge in [0.25, 0.3) is 11.1 Å². The molecule has 0 aromatic heterocycles. The summed E-state index contributed by atoms with van der Waals surface area (Å²) in [7, 11) is 3.03. The Morgan fingerprint density at radius 1 is 1.22 bits per heavy atom. The Labute approximate surface area is 170 Å². The summed E-state index contributed by atoms with van der Waals surface area (Å²) >= 11 is 4.19. The number of hydrogen-bond acceptors (Lipinski definition) is 7. The highest BCUT2D eigenvalue weighted by Gasteiger charge is 2.36.